The van der Waals surface area contributed by atoms with Gasteiger partial charge in [0.05, 0.1) is 18.3 Å². The fourth-order valence-corrected chi connectivity index (χ4v) is 2.30. The molecule has 0 radical (unpaired) electrons. The van der Waals surface area contributed by atoms with Crippen molar-refractivity contribution in [2.45, 2.75) is 110 Å². The van der Waals surface area contributed by atoms with E-state index in [4.69, 9.17) is 4.74 Å². The Balaban J connectivity index is 3.19. The van der Waals surface area contributed by atoms with Crippen LogP contribution in [0.4, 0.5) is 0 Å². The number of hydrogen-bond donors (Lipinski definition) is 1. The fraction of sp³-hybridized carbons (Fsp3) is 1.00. The van der Waals surface area contributed by atoms with Crippen LogP contribution in [0.3, 0.4) is 0 Å². The lowest BCUT2D eigenvalue weighted by Crippen LogP contribution is -2.26. The normalized spacial score (nSPS) is 13.7. The summed E-state index contributed by atoms with van der Waals surface area (Å²) in [5.74, 6) is 0. The van der Waals surface area contributed by atoms with Crippen LogP contribution in [0.25, 0.3) is 0 Å². The molecule has 0 aromatic heterocycles. The zero-order valence-electron chi connectivity index (χ0n) is 14.4. The summed E-state index contributed by atoms with van der Waals surface area (Å²) in [5.41, 5.74) is -0.140. The molecule has 0 amide bonds. The van der Waals surface area contributed by atoms with Crippen LogP contribution < -0.4 is 0 Å². The third kappa shape index (κ3) is 16.0. The Bertz CT molecular complexity index is 196. The molecule has 20 heavy (non-hydrogen) atoms. The summed E-state index contributed by atoms with van der Waals surface area (Å²) in [6, 6.07) is 0. The minimum Gasteiger partial charge on any atom is -0.391 e. The highest BCUT2D eigenvalue weighted by Gasteiger charge is 2.13. The molecule has 0 spiro atoms. The van der Waals surface area contributed by atoms with Gasteiger partial charge in [-0.15, -0.1) is 0 Å². The summed E-state index contributed by atoms with van der Waals surface area (Å²) in [6.45, 7) is 8.82. The first-order chi connectivity index (χ1) is 9.45. The second-order valence-electron chi connectivity index (χ2n) is 7.05. The van der Waals surface area contributed by atoms with Crippen LogP contribution in [0, 0.1) is 0 Å². The summed E-state index contributed by atoms with van der Waals surface area (Å²) in [4.78, 5) is 0. The monoisotopic (exact) mass is 286 g/mol. The molecule has 1 unspecified atom stereocenters. The Kier molecular flexibility index (Phi) is 12.6. The molecule has 0 bridgehead atoms. The molecular weight excluding hydrogens is 248 g/mol. The molecule has 0 aliphatic rings. The first kappa shape index (κ1) is 19.9. The third-order valence-corrected chi connectivity index (χ3v) is 3.60. The van der Waals surface area contributed by atoms with Gasteiger partial charge in [0.15, 0.2) is 0 Å². The number of aliphatic hydroxyl groups is 1. The number of hydrogen-bond acceptors (Lipinski definition) is 2. The molecule has 0 saturated carbocycles. The Hall–Kier alpha value is -0.0800. The first-order valence-corrected chi connectivity index (χ1v) is 8.77. The molecule has 2 heteroatoms. The summed E-state index contributed by atoms with van der Waals surface area (Å²) in [6.07, 6.45) is 14.0. The van der Waals surface area contributed by atoms with Crippen molar-refractivity contribution >= 4 is 0 Å². The number of aliphatic hydroxyl groups excluding tert-OH is 1. The SMILES string of the molecule is CCCCCCCCCCCCC(O)COC(C)(C)C. The van der Waals surface area contributed by atoms with Gasteiger partial charge in [0.2, 0.25) is 0 Å². The van der Waals surface area contributed by atoms with Crippen LogP contribution in [0.15, 0.2) is 0 Å². The molecule has 2 nitrogen and oxygen atoms in total. The second-order valence-corrected chi connectivity index (χ2v) is 7.05. The van der Waals surface area contributed by atoms with Crippen molar-refractivity contribution in [1.82, 2.24) is 0 Å². The predicted molar refractivity (Wildman–Crippen MR) is 88.2 cm³/mol. The number of unbranched alkanes of at least 4 members (excludes halogenated alkanes) is 9. The van der Waals surface area contributed by atoms with Gasteiger partial charge in [-0.2, -0.15) is 0 Å². The van der Waals surface area contributed by atoms with Gasteiger partial charge in [-0.05, 0) is 27.2 Å². The summed E-state index contributed by atoms with van der Waals surface area (Å²) in [5, 5.41) is 9.81. The van der Waals surface area contributed by atoms with Gasteiger partial charge >= 0.3 is 0 Å². The van der Waals surface area contributed by atoms with E-state index in [0.29, 0.717) is 6.61 Å². The minimum atomic E-state index is -0.289. The highest BCUT2D eigenvalue weighted by atomic mass is 16.5. The van der Waals surface area contributed by atoms with E-state index in [2.05, 4.69) is 6.92 Å². The fourth-order valence-electron chi connectivity index (χ4n) is 2.30. The van der Waals surface area contributed by atoms with Gasteiger partial charge < -0.3 is 9.84 Å². The van der Waals surface area contributed by atoms with E-state index < -0.39 is 0 Å². The lowest BCUT2D eigenvalue weighted by Gasteiger charge is -2.21. The Morgan fingerprint density at radius 2 is 1.25 bits per heavy atom. The van der Waals surface area contributed by atoms with E-state index >= 15 is 0 Å². The Morgan fingerprint density at radius 1 is 0.800 bits per heavy atom. The van der Waals surface area contributed by atoms with E-state index in [1.54, 1.807) is 0 Å². The van der Waals surface area contributed by atoms with Crippen molar-refractivity contribution in [1.29, 1.82) is 0 Å². The molecular formula is C18H38O2. The highest BCUT2D eigenvalue weighted by Crippen LogP contribution is 2.13. The second kappa shape index (κ2) is 12.6. The Labute approximate surface area is 127 Å². The maximum absolute atomic E-state index is 9.81. The van der Waals surface area contributed by atoms with Gasteiger partial charge in [-0.3, -0.25) is 0 Å². The van der Waals surface area contributed by atoms with Gasteiger partial charge in [0.25, 0.3) is 0 Å². The van der Waals surface area contributed by atoms with Crippen molar-refractivity contribution in [2.24, 2.45) is 0 Å². The molecule has 0 saturated heterocycles. The van der Waals surface area contributed by atoms with Crippen molar-refractivity contribution in [3.05, 3.63) is 0 Å². The summed E-state index contributed by atoms with van der Waals surface area (Å²) >= 11 is 0. The zero-order chi connectivity index (χ0) is 15.3. The van der Waals surface area contributed by atoms with Crippen molar-refractivity contribution < 1.29 is 9.84 Å². The van der Waals surface area contributed by atoms with Gasteiger partial charge in [0.1, 0.15) is 0 Å². The molecule has 0 aromatic rings. The van der Waals surface area contributed by atoms with Gasteiger partial charge in [0, 0.05) is 0 Å². The maximum atomic E-state index is 9.81. The van der Waals surface area contributed by atoms with Gasteiger partial charge in [-0.25, -0.2) is 0 Å². The van der Waals surface area contributed by atoms with Crippen molar-refractivity contribution in [2.75, 3.05) is 6.61 Å². The van der Waals surface area contributed by atoms with Gasteiger partial charge in [-0.1, -0.05) is 71.1 Å². The standard InChI is InChI=1S/C18H38O2/c1-5-6-7-8-9-10-11-12-13-14-15-17(19)16-20-18(2,3)4/h17,19H,5-16H2,1-4H3. The topological polar surface area (TPSA) is 29.5 Å². The van der Waals surface area contributed by atoms with Crippen LogP contribution in [0.2, 0.25) is 0 Å². The predicted octanol–water partition coefficient (Wildman–Crippen LogP) is 5.47. The third-order valence-electron chi connectivity index (χ3n) is 3.60. The molecule has 0 rings (SSSR count). The molecule has 0 fully saturated rings. The van der Waals surface area contributed by atoms with Crippen LogP contribution in [-0.4, -0.2) is 23.4 Å². The van der Waals surface area contributed by atoms with Crippen molar-refractivity contribution in [3.63, 3.8) is 0 Å². The van der Waals surface area contributed by atoms with Crippen LogP contribution in [-0.2, 0) is 4.74 Å². The Morgan fingerprint density at radius 3 is 1.70 bits per heavy atom. The quantitative estimate of drug-likeness (QED) is 0.455. The number of ether oxygens (including phenoxy) is 1. The average molecular weight is 286 g/mol. The smallest absolute Gasteiger partial charge is 0.0774 e. The van der Waals surface area contributed by atoms with E-state index in [1.807, 2.05) is 20.8 Å². The van der Waals surface area contributed by atoms with E-state index in [-0.39, 0.29) is 11.7 Å². The van der Waals surface area contributed by atoms with Crippen LogP contribution >= 0.6 is 0 Å². The summed E-state index contributed by atoms with van der Waals surface area (Å²) in [7, 11) is 0. The lowest BCUT2D eigenvalue weighted by atomic mass is 10.0. The lowest BCUT2D eigenvalue weighted by molar-refractivity contribution is -0.0509. The molecule has 0 heterocycles. The largest absolute Gasteiger partial charge is 0.391 e. The molecule has 1 N–H and O–H groups in total. The van der Waals surface area contributed by atoms with Crippen LogP contribution in [0.5, 0.6) is 0 Å². The maximum Gasteiger partial charge on any atom is 0.0774 e. The molecule has 0 aromatic carbocycles. The molecule has 1 atom stereocenters. The van der Waals surface area contributed by atoms with Crippen LogP contribution in [0.1, 0.15) is 98.3 Å². The van der Waals surface area contributed by atoms with E-state index in [9.17, 15) is 5.11 Å². The zero-order valence-corrected chi connectivity index (χ0v) is 14.4. The van der Waals surface area contributed by atoms with E-state index in [0.717, 1.165) is 12.8 Å². The molecule has 0 aliphatic carbocycles. The van der Waals surface area contributed by atoms with E-state index in [1.165, 1.54) is 57.8 Å². The summed E-state index contributed by atoms with van der Waals surface area (Å²) < 4.78 is 5.58. The molecule has 122 valence electrons. The highest BCUT2D eigenvalue weighted by molar-refractivity contribution is 4.62. The average Bonchev–Trinajstić information content (AvgIpc) is 2.38. The minimum absolute atomic E-state index is 0.140. The number of rotatable bonds is 13. The van der Waals surface area contributed by atoms with Crippen molar-refractivity contribution in [3.8, 4) is 0 Å². The first-order valence-electron chi connectivity index (χ1n) is 8.77. The molecule has 0 aliphatic heterocycles.